The molecule has 0 aliphatic heterocycles. The Kier molecular flexibility index (Phi) is 5.04. The highest BCUT2D eigenvalue weighted by Crippen LogP contribution is 2.26. The average Bonchev–Trinajstić information content (AvgIpc) is 3.01. The van der Waals surface area contributed by atoms with E-state index in [4.69, 9.17) is 0 Å². The van der Waals surface area contributed by atoms with E-state index in [0.717, 1.165) is 31.6 Å². The van der Waals surface area contributed by atoms with Crippen molar-refractivity contribution in [3.8, 4) is 0 Å². The zero-order valence-corrected chi connectivity index (χ0v) is 12.6. The van der Waals surface area contributed by atoms with Crippen LogP contribution in [0.4, 0.5) is 0 Å². The van der Waals surface area contributed by atoms with Crippen LogP contribution < -0.4 is 5.32 Å². The van der Waals surface area contributed by atoms with Crippen LogP contribution in [0.25, 0.3) is 0 Å². The van der Waals surface area contributed by atoms with E-state index in [-0.39, 0.29) is 6.04 Å². The Bertz CT molecular complexity index is 505. The van der Waals surface area contributed by atoms with Gasteiger partial charge in [0.1, 0.15) is 0 Å². The van der Waals surface area contributed by atoms with Gasteiger partial charge in [-0.1, -0.05) is 18.3 Å². The molecule has 0 spiro atoms. The molecule has 2 aromatic rings. The summed E-state index contributed by atoms with van der Waals surface area (Å²) >= 11 is 1.46. The van der Waals surface area contributed by atoms with E-state index in [2.05, 4.69) is 40.0 Å². The SMILES string of the molecule is CCCNC(c1cnn(CCC)c1)c1snnc1C. The van der Waals surface area contributed by atoms with Gasteiger partial charge in [-0.15, -0.1) is 5.10 Å². The molecule has 0 aliphatic carbocycles. The molecule has 1 atom stereocenters. The summed E-state index contributed by atoms with van der Waals surface area (Å²) < 4.78 is 6.04. The molecular weight excluding hydrogens is 258 g/mol. The third-order valence-electron chi connectivity index (χ3n) is 2.99. The van der Waals surface area contributed by atoms with Crippen molar-refractivity contribution in [2.45, 2.75) is 46.2 Å². The number of hydrogen-bond acceptors (Lipinski definition) is 5. The van der Waals surface area contributed by atoms with Gasteiger partial charge in [0.05, 0.1) is 22.8 Å². The molecule has 1 unspecified atom stereocenters. The second-order valence-electron chi connectivity index (χ2n) is 4.65. The van der Waals surface area contributed by atoms with E-state index < -0.39 is 0 Å². The summed E-state index contributed by atoms with van der Waals surface area (Å²) in [5.74, 6) is 0. The second kappa shape index (κ2) is 6.77. The minimum absolute atomic E-state index is 0.158. The molecule has 6 heteroatoms. The second-order valence-corrected chi connectivity index (χ2v) is 5.43. The quantitative estimate of drug-likeness (QED) is 0.846. The number of nitrogens with zero attached hydrogens (tertiary/aromatic N) is 4. The Morgan fingerprint density at radius 1 is 1.37 bits per heavy atom. The molecule has 0 aromatic carbocycles. The van der Waals surface area contributed by atoms with E-state index in [9.17, 15) is 0 Å². The smallest absolute Gasteiger partial charge is 0.0776 e. The first-order valence-corrected chi connectivity index (χ1v) is 7.58. The Labute approximate surface area is 118 Å². The van der Waals surface area contributed by atoms with E-state index >= 15 is 0 Å². The number of aromatic nitrogens is 4. The van der Waals surface area contributed by atoms with Crippen LogP contribution >= 0.6 is 11.5 Å². The van der Waals surface area contributed by atoms with Crippen LogP contribution in [0.3, 0.4) is 0 Å². The fraction of sp³-hybridized carbons (Fsp3) is 0.615. The molecule has 5 nitrogen and oxygen atoms in total. The zero-order chi connectivity index (χ0) is 13.7. The van der Waals surface area contributed by atoms with Crippen LogP contribution in [0.2, 0.25) is 0 Å². The highest BCUT2D eigenvalue weighted by Gasteiger charge is 2.20. The summed E-state index contributed by atoms with van der Waals surface area (Å²) in [6.07, 6.45) is 6.26. The summed E-state index contributed by atoms with van der Waals surface area (Å²) in [6.45, 7) is 8.27. The van der Waals surface area contributed by atoms with Crippen molar-refractivity contribution in [1.29, 1.82) is 0 Å². The van der Waals surface area contributed by atoms with Crippen molar-refractivity contribution in [2.24, 2.45) is 0 Å². The highest BCUT2D eigenvalue weighted by molar-refractivity contribution is 7.05. The Balaban J connectivity index is 2.23. The van der Waals surface area contributed by atoms with Crippen LogP contribution in [-0.4, -0.2) is 25.9 Å². The lowest BCUT2D eigenvalue weighted by Crippen LogP contribution is -2.22. The minimum Gasteiger partial charge on any atom is -0.305 e. The van der Waals surface area contributed by atoms with Gasteiger partial charge in [-0.2, -0.15) is 5.10 Å². The number of rotatable bonds is 7. The van der Waals surface area contributed by atoms with Crippen molar-refractivity contribution in [2.75, 3.05) is 6.54 Å². The third-order valence-corrected chi connectivity index (χ3v) is 3.88. The normalized spacial score (nSPS) is 12.8. The first kappa shape index (κ1) is 14.1. The monoisotopic (exact) mass is 279 g/mol. The summed E-state index contributed by atoms with van der Waals surface area (Å²) in [5, 5.41) is 12.1. The molecule has 0 aliphatic rings. The molecule has 104 valence electrons. The molecule has 2 rings (SSSR count). The minimum atomic E-state index is 0.158. The largest absolute Gasteiger partial charge is 0.305 e. The van der Waals surface area contributed by atoms with Gasteiger partial charge < -0.3 is 5.32 Å². The fourth-order valence-electron chi connectivity index (χ4n) is 2.03. The van der Waals surface area contributed by atoms with Gasteiger partial charge in [0.2, 0.25) is 0 Å². The number of nitrogens with one attached hydrogen (secondary N) is 1. The van der Waals surface area contributed by atoms with Crippen LogP contribution in [0, 0.1) is 6.92 Å². The number of hydrogen-bond donors (Lipinski definition) is 1. The molecule has 0 saturated carbocycles. The van der Waals surface area contributed by atoms with Gasteiger partial charge in [0.25, 0.3) is 0 Å². The first-order chi connectivity index (χ1) is 9.26. The predicted molar refractivity (Wildman–Crippen MR) is 77.3 cm³/mol. The van der Waals surface area contributed by atoms with Crippen LogP contribution in [-0.2, 0) is 6.54 Å². The predicted octanol–water partition coefficient (Wildman–Crippen LogP) is 2.54. The maximum atomic E-state index is 4.41. The Morgan fingerprint density at radius 2 is 2.21 bits per heavy atom. The van der Waals surface area contributed by atoms with Crippen LogP contribution in [0.15, 0.2) is 12.4 Å². The molecular formula is C13H21N5S. The van der Waals surface area contributed by atoms with Crippen molar-refractivity contribution in [1.82, 2.24) is 24.7 Å². The number of aryl methyl sites for hydroxylation is 2. The van der Waals surface area contributed by atoms with E-state index in [1.165, 1.54) is 22.0 Å². The van der Waals surface area contributed by atoms with Gasteiger partial charge in [0.15, 0.2) is 0 Å². The Morgan fingerprint density at radius 3 is 2.84 bits per heavy atom. The van der Waals surface area contributed by atoms with Gasteiger partial charge in [0, 0.05) is 18.3 Å². The summed E-state index contributed by atoms with van der Waals surface area (Å²) in [5.41, 5.74) is 2.19. The van der Waals surface area contributed by atoms with Crippen molar-refractivity contribution in [3.63, 3.8) is 0 Å². The van der Waals surface area contributed by atoms with E-state index in [0.29, 0.717) is 0 Å². The topological polar surface area (TPSA) is 55.6 Å². The van der Waals surface area contributed by atoms with Crippen molar-refractivity contribution >= 4 is 11.5 Å². The van der Waals surface area contributed by atoms with Gasteiger partial charge >= 0.3 is 0 Å². The van der Waals surface area contributed by atoms with E-state index in [1.807, 2.05) is 17.8 Å². The van der Waals surface area contributed by atoms with Crippen molar-refractivity contribution < 1.29 is 0 Å². The maximum Gasteiger partial charge on any atom is 0.0776 e. The lowest BCUT2D eigenvalue weighted by atomic mass is 10.1. The molecule has 1 N–H and O–H groups in total. The van der Waals surface area contributed by atoms with Crippen molar-refractivity contribution in [3.05, 3.63) is 28.5 Å². The lowest BCUT2D eigenvalue weighted by molar-refractivity contribution is 0.590. The first-order valence-electron chi connectivity index (χ1n) is 6.80. The van der Waals surface area contributed by atoms with Gasteiger partial charge in [-0.05, 0) is 37.8 Å². The molecule has 2 heterocycles. The third kappa shape index (κ3) is 3.39. The molecule has 0 amide bonds. The molecule has 0 fully saturated rings. The fourth-order valence-corrected chi connectivity index (χ4v) is 2.78. The molecule has 0 bridgehead atoms. The standard InChI is InChI=1S/C13H21N5S/c1-4-6-14-12(13-10(3)16-17-19-13)11-8-15-18(9-11)7-5-2/h8-9,12,14H,4-7H2,1-3H3. The Hall–Kier alpha value is -1.27. The molecule has 19 heavy (non-hydrogen) atoms. The molecule has 0 radical (unpaired) electrons. The summed E-state index contributed by atoms with van der Waals surface area (Å²) in [4.78, 5) is 1.18. The van der Waals surface area contributed by atoms with Crippen LogP contribution in [0.5, 0.6) is 0 Å². The lowest BCUT2D eigenvalue weighted by Gasteiger charge is -2.15. The van der Waals surface area contributed by atoms with Gasteiger partial charge in [-0.25, -0.2) is 0 Å². The van der Waals surface area contributed by atoms with Gasteiger partial charge in [-0.3, -0.25) is 4.68 Å². The van der Waals surface area contributed by atoms with E-state index in [1.54, 1.807) is 0 Å². The van der Waals surface area contributed by atoms with Crippen LogP contribution in [0.1, 0.15) is 48.9 Å². The summed E-state index contributed by atoms with van der Waals surface area (Å²) in [6, 6.07) is 0.158. The maximum absolute atomic E-state index is 4.41. The molecule has 2 aromatic heterocycles. The average molecular weight is 279 g/mol. The molecule has 0 saturated heterocycles. The zero-order valence-electron chi connectivity index (χ0n) is 11.8. The highest BCUT2D eigenvalue weighted by atomic mass is 32.1. The summed E-state index contributed by atoms with van der Waals surface area (Å²) in [7, 11) is 0.